The van der Waals surface area contributed by atoms with Crippen molar-refractivity contribution in [1.29, 1.82) is 0 Å². The van der Waals surface area contributed by atoms with Gasteiger partial charge in [0.15, 0.2) is 0 Å². The average molecular weight is 184 g/mol. The van der Waals surface area contributed by atoms with Gasteiger partial charge in [0.1, 0.15) is 0 Å². The van der Waals surface area contributed by atoms with Crippen LogP contribution in [0, 0.1) is 11.8 Å². The first-order valence-corrected chi connectivity index (χ1v) is 6.22. The monoisotopic (exact) mass is 184 g/mol. The van der Waals surface area contributed by atoms with Crippen LogP contribution in [0.25, 0.3) is 0 Å². The summed E-state index contributed by atoms with van der Waals surface area (Å²) in [6.07, 6.45) is 9.86. The quantitative estimate of drug-likeness (QED) is 0.464. The molecule has 80 valence electrons. The van der Waals surface area contributed by atoms with Crippen molar-refractivity contribution < 1.29 is 0 Å². The lowest BCUT2D eigenvalue weighted by molar-refractivity contribution is 0.326. The number of unbranched alkanes of at least 4 members (excludes halogenated alkanes) is 3. The standard InChI is InChI=1S/C13H28/c1-5-7-9-11-13(4)12(3)10-8-6-2/h12-13H,5-11H2,1-4H3/t12-,13+/m1/s1. The van der Waals surface area contributed by atoms with E-state index >= 15 is 0 Å². The highest BCUT2D eigenvalue weighted by atomic mass is 14.2. The van der Waals surface area contributed by atoms with Gasteiger partial charge in [0.2, 0.25) is 0 Å². The molecule has 0 fully saturated rings. The Morgan fingerprint density at radius 3 is 1.62 bits per heavy atom. The highest BCUT2D eigenvalue weighted by Gasteiger charge is 2.10. The zero-order chi connectivity index (χ0) is 10.1. The van der Waals surface area contributed by atoms with Crippen LogP contribution >= 0.6 is 0 Å². The van der Waals surface area contributed by atoms with Crippen LogP contribution < -0.4 is 0 Å². The molecule has 0 aliphatic heterocycles. The second kappa shape index (κ2) is 8.59. The molecule has 0 unspecified atom stereocenters. The van der Waals surface area contributed by atoms with Gasteiger partial charge in [-0.3, -0.25) is 0 Å². The highest BCUT2D eigenvalue weighted by molar-refractivity contribution is 4.62. The zero-order valence-electron chi connectivity index (χ0n) is 10.1. The van der Waals surface area contributed by atoms with E-state index in [9.17, 15) is 0 Å². The van der Waals surface area contributed by atoms with Crippen LogP contribution in [-0.4, -0.2) is 0 Å². The minimum Gasteiger partial charge on any atom is -0.0654 e. The predicted molar refractivity (Wildman–Crippen MR) is 62.0 cm³/mol. The predicted octanol–water partition coefficient (Wildman–Crippen LogP) is 5.03. The SMILES string of the molecule is CCCCC[C@H](C)[C@H](C)CCCC. The molecule has 0 heteroatoms. The average Bonchev–Trinajstić information content (AvgIpc) is 2.14. The Labute approximate surface area is 85.1 Å². The molecular weight excluding hydrogens is 156 g/mol. The van der Waals surface area contributed by atoms with Crippen molar-refractivity contribution in [1.82, 2.24) is 0 Å². The fourth-order valence-electron chi connectivity index (χ4n) is 1.81. The van der Waals surface area contributed by atoms with Gasteiger partial charge in [-0.25, -0.2) is 0 Å². The van der Waals surface area contributed by atoms with Gasteiger partial charge in [0.25, 0.3) is 0 Å². The lowest BCUT2D eigenvalue weighted by Crippen LogP contribution is -2.07. The van der Waals surface area contributed by atoms with E-state index in [-0.39, 0.29) is 0 Å². The Hall–Kier alpha value is 0. The third kappa shape index (κ3) is 7.10. The minimum absolute atomic E-state index is 0.941. The lowest BCUT2D eigenvalue weighted by atomic mass is 9.87. The molecule has 0 radical (unpaired) electrons. The van der Waals surface area contributed by atoms with E-state index in [1.165, 1.54) is 44.9 Å². The summed E-state index contributed by atoms with van der Waals surface area (Å²) in [5.74, 6) is 1.88. The Balaban J connectivity index is 3.38. The molecule has 0 aromatic rings. The van der Waals surface area contributed by atoms with Gasteiger partial charge in [-0.05, 0) is 11.8 Å². The topological polar surface area (TPSA) is 0 Å². The molecule has 0 saturated heterocycles. The number of rotatable bonds is 8. The van der Waals surface area contributed by atoms with Gasteiger partial charge in [0.05, 0.1) is 0 Å². The Bertz CT molecular complexity index is 96.2. The zero-order valence-corrected chi connectivity index (χ0v) is 10.1. The van der Waals surface area contributed by atoms with Gasteiger partial charge in [-0.2, -0.15) is 0 Å². The van der Waals surface area contributed by atoms with Gasteiger partial charge in [0, 0.05) is 0 Å². The molecule has 0 nitrogen and oxygen atoms in total. The fourth-order valence-corrected chi connectivity index (χ4v) is 1.81. The van der Waals surface area contributed by atoms with Crippen LogP contribution in [0.5, 0.6) is 0 Å². The van der Waals surface area contributed by atoms with Crippen LogP contribution in [0.3, 0.4) is 0 Å². The lowest BCUT2D eigenvalue weighted by Gasteiger charge is -2.19. The summed E-state index contributed by atoms with van der Waals surface area (Å²) in [5.41, 5.74) is 0. The molecule has 0 aliphatic rings. The normalized spacial score (nSPS) is 15.7. The van der Waals surface area contributed by atoms with Crippen LogP contribution in [0.1, 0.15) is 72.6 Å². The molecular formula is C13H28. The maximum Gasteiger partial charge on any atom is -0.0417 e. The van der Waals surface area contributed by atoms with E-state index in [0.29, 0.717) is 0 Å². The third-order valence-corrected chi connectivity index (χ3v) is 3.25. The molecule has 0 amide bonds. The van der Waals surface area contributed by atoms with Crippen molar-refractivity contribution in [3.05, 3.63) is 0 Å². The highest BCUT2D eigenvalue weighted by Crippen LogP contribution is 2.22. The van der Waals surface area contributed by atoms with Crippen molar-refractivity contribution in [3.63, 3.8) is 0 Å². The van der Waals surface area contributed by atoms with Crippen molar-refractivity contribution in [3.8, 4) is 0 Å². The first kappa shape index (κ1) is 13.0. The Morgan fingerprint density at radius 2 is 1.15 bits per heavy atom. The fraction of sp³-hybridized carbons (Fsp3) is 1.00. The van der Waals surface area contributed by atoms with Crippen LogP contribution in [0.4, 0.5) is 0 Å². The van der Waals surface area contributed by atoms with E-state index in [1.54, 1.807) is 0 Å². The summed E-state index contributed by atoms with van der Waals surface area (Å²) in [6.45, 7) is 9.42. The molecule has 0 spiro atoms. The summed E-state index contributed by atoms with van der Waals surface area (Å²) in [7, 11) is 0. The molecule has 0 N–H and O–H groups in total. The van der Waals surface area contributed by atoms with E-state index in [0.717, 1.165) is 11.8 Å². The van der Waals surface area contributed by atoms with Crippen molar-refractivity contribution in [2.24, 2.45) is 11.8 Å². The molecule has 2 atom stereocenters. The maximum absolute atomic E-state index is 2.43. The number of hydrogen-bond acceptors (Lipinski definition) is 0. The summed E-state index contributed by atoms with van der Waals surface area (Å²) in [5, 5.41) is 0. The summed E-state index contributed by atoms with van der Waals surface area (Å²) in [4.78, 5) is 0. The summed E-state index contributed by atoms with van der Waals surface area (Å²) in [6, 6.07) is 0. The Kier molecular flexibility index (Phi) is 8.59. The molecule has 0 heterocycles. The maximum atomic E-state index is 2.43. The van der Waals surface area contributed by atoms with Gasteiger partial charge in [-0.1, -0.05) is 72.6 Å². The second-order valence-electron chi connectivity index (χ2n) is 4.59. The van der Waals surface area contributed by atoms with E-state index in [2.05, 4.69) is 27.7 Å². The molecule has 0 saturated carbocycles. The third-order valence-electron chi connectivity index (χ3n) is 3.25. The van der Waals surface area contributed by atoms with Gasteiger partial charge in [-0.15, -0.1) is 0 Å². The van der Waals surface area contributed by atoms with Crippen molar-refractivity contribution >= 4 is 0 Å². The molecule has 0 bridgehead atoms. The second-order valence-corrected chi connectivity index (χ2v) is 4.59. The van der Waals surface area contributed by atoms with E-state index < -0.39 is 0 Å². The van der Waals surface area contributed by atoms with Crippen LogP contribution in [0.15, 0.2) is 0 Å². The van der Waals surface area contributed by atoms with E-state index in [1.807, 2.05) is 0 Å². The van der Waals surface area contributed by atoms with Crippen LogP contribution in [0.2, 0.25) is 0 Å². The van der Waals surface area contributed by atoms with Gasteiger partial charge >= 0.3 is 0 Å². The van der Waals surface area contributed by atoms with E-state index in [4.69, 9.17) is 0 Å². The Morgan fingerprint density at radius 1 is 0.692 bits per heavy atom. The molecule has 13 heavy (non-hydrogen) atoms. The minimum atomic E-state index is 0.941. The largest absolute Gasteiger partial charge is 0.0654 e. The number of hydrogen-bond donors (Lipinski definition) is 0. The smallest absolute Gasteiger partial charge is 0.0417 e. The summed E-state index contributed by atoms with van der Waals surface area (Å²) >= 11 is 0. The molecule has 0 rings (SSSR count). The molecule has 0 aromatic carbocycles. The van der Waals surface area contributed by atoms with Crippen molar-refractivity contribution in [2.75, 3.05) is 0 Å². The molecule has 0 aromatic heterocycles. The van der Waals surface area contributed by atoms with Gasteiger partial charge < -0.3 is 0 Å². The van der Waals surface area contributed by atoms with Crippen molar-refractivity contribution in [2.45, 2.75) is 72.6 Å². The summed E-state index contributed by atoms with van der Waals surface area (Å²) < 4.78 is 0. The van der Waals surface area contributed by atoms with Crippen LogP contribution in [-0.2, 0) is 0 Å². The first-order valence-electron chi connectivity index (χ1n) is 6.22. The molecule has 0 aliphatic carbocycles. The first-order chi connectivity index (χ1) is 6.22.